The normalized spacial score (nSPS) is 43.7. The fourth-order valence-corrected chi connectivity index (χ4v) is 7.52. The number of carbonyl (C=O) groups excluding carboxylic acids is 2. The maximum absolute atomic E-state index is 13.1. The molecule has 4 rings (SSSR count). The van der Waals surface area contributed by atoms with Crippen LogP contribution in [0.5, 0.6) is 0 Å². The van der Waals surface area contributed by atoms with E-state index in [2.05, 4.69) is 13.8 Å². The van der Waals surface area contributed by atoms with Crippen molar-refractivity contribution < 1.29 is 19.1 Å². The monoisotopic (exact) mass is 374 g/mol. The Morgan fingerprint density at radius 1 is 1.04 bits per heavy atom. The lowest BCUT2D eigenvalue weighted by Gasteiger charge is -2.58. The van der Waals surface area contributed by atoms with E-state index in [1.807, 2.05) is 6.08 Å². The molecule has 150 valence electrons. The molecule has 3 saturated carbocycles. The largest absolute Gasteiger partial charge is 0.349 e. The van der Waals surface area contributed by atoms with E-state index in [0.29, 0.717) is 30.0 Å². The molecule has 0 bridgehead atoms. The van der Waals surface area contributed by atoms with Gasteiger partial charge < -0.3 is 9.47 Å². The van der Waals surface area contributed by atoms with Crippen LogP contribution in [0.25, 0.3) is 0 Å². The van der Waals surface area contributed by atoms with Crippen LogP contribution in [0.3, 0.4) is 0 Å². The van der Waals surface area contributed by atoms with Gasteiger partial charge in [0.15, 0.2) is 11.6 Å². The molecule has 0 N–H and O–H groups in total. The van der Waals surface area contributed by atoms with E-state index < -0.39 is 6.29 Å². The van der Waals surface area contributed by atoms with Gasteiger partial charge in [0.25, 0.3) is 0 Å². The van der Waals surface area contributed by atoms with Crippen molar-refractivity contribution in [2.24, 2.45) is 34.5 Å². The van der Waals surface area contributed by atoms with E-state index in [9.17, 15) is 9.59 Å². The van der Waals surface area contributed by atoms with Crippen LogP contribution >= 0.6 is 0 Å². The van der Waals surface area contributed by atoms with Crippen molar-refractivity contribution in [1.29, 1.82) is 0 Å². The Bertz CT molecular complexity index is 663. The zero-order valence-electron chi connectivity index (χ0n) is 17.3. The fourth-order valence-electron chi connectivity index (χ4n) is 7.52. The number of methoxy groups -OCH3 is 2. The molecule has 0 unspecified atom stereocenters. The number of Topliss-reactive ketones (excluding diaryl/α,β-unsaturated/α-hetero) is 1. The first-order valence-electron chi connectivity index (χ1n) is 10.7. The minimum absolute atomic E-state index is 0.0472. The topological polar surface area (TPSA) is 52.6 Å². The average molecular weight is 375 g/mol. The maximum Gasteiger partial charge on any atom is 0.217 e. The number of hydrogen-bond acceptors (Lipinski definition) is 4. The van der Waals surface area contributed by atoms with Crippen molar-refractivity contribution in [3.8, 4) is 0 Å². The van der Waals surface area contributed by atoms with Crippen LogP contribution in [0.1, 0.15) is 65.2 Å². The number of carbonyl (C=O) groups is 2. The summed E-state index contributed by atoms with van der Waals surface area (Å²) in [6.45, 7) is 4.76. The fraction of sp³-hybridized carbons (Fsp3) is 0.826. The van der Waals surface area contributed by atoms with Crippen molar-refractivity contribution >= 4 is 11.6 Å². The molecule has 4 nitrogen and oxygen atoms in total. The van der Waals surface area contributed by atoms with Crippen molar-refractivity contribution in [1.82, 2.24) is 0 Å². The molecule has 0 aliphatic heterocycles. The highest BCUT2D eigenvalue weighted by Gasteiger charge is 2.60. The lowest BCUT2D eigenvalue weighted by molar-refractivity contribution is -0.166. The highest BCUT2D eigenvalue weighted by Crippen LogP contribution is 2.66. The number of rotatable bonds is 4. The van der Waals surface area contributed by atoms with Gasteiger partial charge in [-0.2, -0.15) is 0 Å². The molecular weight excluding hydrogens is 340 g/mol. The first-order valence-corrected chi connectivity index (χ1v) is 10.7. The molecule has 0 spiro atoms. The third-order valence-electron chi connectivity index (χ3n) is 8.97. The maximum atomic E-state index is 13.1. The van der Waals surface area contributed by atoms with Crippen LogP contribution in [-0.2, 0) is 19.1 Å². The summed E-state index contributed by atoms with van der Waals surface area (Å²) in [5, 5.41) is 0. The van der Waals surface area contributed by atoms with Gasteiger partial charge in [-0.3, -0.25) is 9.59 Å². The predicted octanol–water partition coefficient (Wildman–Crippen LogP) is 4.32. The van der Waals surface area contributed by atoms with Gasteiger partial charge in [0, 0.05) is 26.6 Å². The van der Waals surface area contributed by atoms with Gasteiger partial charge in [-0.05, 0) is 79.6 Å². The van der Waals surface area contributed by atoms with Crippen LogP contribution in [0.2, 0.25) is 0 Å². The second-order valence-corrected chi connectivity index (χ2v) is 9.85. The SMILES string of the molecule is COC(OC)C(=O)[C@H]1CC[C@H]2[C@@H]3CCC4=CC(=O)CC[C@]4(C)[C@H]3CC[C@]12C. The zero-order chi connectivity index (χ0) is 19.4. The van der Waals surface area contributed by atoms with E-state index >= 15 is 0 Å². The van der Waals surface area contributed by atoms with Crippen LogP contribution in [0.4, 0.5) is 0 Å². The molecule has 4 aliphatic rings. The second-order valence-electron chi connectivity index (χ2n) is 9.85. The van der Waals surface area contributed by atoms with Crippen molar-refractivity contribution in [2.75, 3.05) is 14.2 Å². The molecule has 0 amide bonds. The van der Waals surface area contributed by atoms with Gasteiger partial charge in [0.05, 0.1) is 0 Å². The molecule has 4 heteroatoms. The molecular formula is C23H34O4. The Labute approximate surface area is 163 Å². The highest BCUT2D eigenvalue weighted by atomic mass is 16.7. The minimum Gasteiger partial charge on any atom is -0.349 e. The summed E-state index contributed by atoms with van der Waals surface area (Å²) in [7, 11) is 3.11. The molecule has 6 atom stereocenters. The molecule has 0 saturated heterocycles. The van der Waals surface area contributed by atoms with E-state index in [4.69, 9.17) is 9.47 Å². The number of ketones is 2. The van der Waals surface area contributed by atoms with Crippen molar-refractivity contribution in [3.63, 3.8) is 0 Å². The lowest BCUT2D eigenvalue weighted by Crippen LogP contribution is -2.51. The highest BCUT2D eigenvalue weighted by molar-refractivity contribution is 5.91. The van der Waals surface area contributed by atoms with Gasteiger partial charge in [-0.15, -0.1) is 0 Å². The quantitative estimate of drug-likeness (QED) is 0.688. The van der Waals surface area contributed by atoms with Gasteiger partial charge in [0.1, 0.15) is 0 Å². The summed E-state index contributed by atoms with van der Waals surface area (Å²) in [5.74, 6) is 2.45. The third-order valence-corrected chi connectivity index (χ3v) is 8.97. The lowest BCUT2D eigenvalue weighted by atomic mass is 9.46. The first kappa shape index (κ1) is 19.3. The molecule has 27 heavy (non-hydrogen) atoms. The third kappa shape index (κ3) is 2.78. The first-order chi connectivity index (χ1) is 12.8. The molecule has 3 fully saturated rings. The van der Waals surface area contributed by atoms with Gasteiger partial charge in [-0.1, -0.05) is 19.4 Å². The summed E-state index contributed by atoms with van der Waals surface area (Å²) in [6.07, 6.45) is 9.58. The Kier molecular flexibility index (Phi) is 4.87. The van der Waals surface area contributed by atoms with E-state index in [1.54, 1.807) is 14.2 Å². The van der Waals surface area contributed by atoms with Gasteiger partial charge >= 0.3 is 0 Å². The Hall–Kier alpha value is -1.00. The minimum atomic E-state index is -0.730. The summed E-state index contributed by atoms with van der Waals surface area (Å²) < 4.78 is 10.6. The summed E-state index contributed by atoms with van der Waals surface area (Å²) >= 11 is 0. The molecule has 0 heterocycles. The molecule has 0 aromatic rings. The van der Waals surface area contributed by atoms with Gasteiger partial charge in [0.2, 0.25) is 6.29 Å². The number of hydrogen-bond donors (Lipinski definition) is 0. The molecule has 0 aromatic carbocycles. The Morgan fingerprint density at radius 2 is 1.78 bits per heavy atom. The van der Waals surface area contributed by atoms with Crippen LogP contribution in [-0.4, -0.2) is 32.1 Å². The van der Waals surface area contributed by atoms with Crippen LogP contribution in [0, 0.1) is 34.5 Å². The zero-order valence-corrected chi connectivity index (χ0v) is 17.3. The summed E-state index contributed by atoms with van der Waals surface area (Å²) in [4.78, 5) is 25.0. The standard InChI is InChI=1S/C23H34O4/c1-22-11-9-15(24)13-14(22)5-6-16-17-7-8-19(20(25)21(26-3)27-4)23(17,2)12-10-18(16)22/h13,16-19,21H,5-12H2,1-4H3/t16-,17-,18-,19+,22-,23-/m0/s1. The van der Waals surface area contributed by atoms with E-state index in [-0.39, 0.29) is 22.5 Å². The van der Waals surface area contributed by atoms with Crippen LogP contribution in [0.15, 0.2) is 11.6 Å². The molecule has 0 aromatic heterocycles. The molecule has 4 aliphatic carbocycles. The van der Waals surface area contributed by atoms with Crippen LogP contribution < -0.4 is 0 Å². The molecule has 0 radical (unpaired) electrons. The Balaban J connectivity index is 1.60. The smallest absolute Gasteiger partial charge is 0.217 e. The summed E-state index contributed by atoms with van der Waals surface area (Å²) in [6, 6.07) is 0. The number of allylic oxidation sites excluding steroid dienone is 1. The average Bonchev–Trinajstić information content (AvgIpc) is 3.00. The van der Waals surface area contributed by atoms with Crippen molar-refractivity contribution in [2.45, 2.75) is 71.5 Å². The predicted molar refractivity (Wildman–Crippen MR) is 103 cm³/mol. The number of fused-ring (bicyclic) bond motifs is 5. The summed E-state index contributed by atoms with van der Waals surface area (Å²) in [5.41, 5.74) is 1.67. The van der Waals surface area contributed by atoms with Crippen molar-refractivity contribution in [3.05, 3.63) is 11.6 Å². The van der Waals surface area contributed by atoms with E-state index in [0.717, 1.165) is 32.1 Å². The Morgan fingerprint density at radius 3 is 2.48 bits per heavy atom. The van der Waals surface area contributed by atoms with E-state index in [1.165, 1.54) is 18.4 Å². The second kappa shape index (κ2) is 6.81. The number of ether oxygens (including phenoxy) is 2. The van der Waals surface area contributed by atoms with Gasteiger partial charge in [-0.25, -0.2) is 0 Å².